The van der Waals surface area contributed by atoms with Gasteiger partial charge in [0.15, 0.2) is 0 Å². The topological polar surface area (TPSA) is 12.0 Å². The zero-order chi connectivity index (χ0) is 15.1. The Balaban J connectivity index is 2.45. The number of anilines is 2. The van der Waals surface area contributed by atoms with Crippen molar-refractivity contribution in [1.29, 1.82) is 0 Å². The van der Waals surface area contributed by atoms with E-state index in [0.717, 1.165) is 26.1 Å². The van der Waals surface area contributed by atoms with E-state index >= 15 is 0 Å². The van der Waals surface area contributed by atoms with E-state index in [1.807, 2.05) is 55.5 Å². The van der Waals surface area contributed by atoms with Crippen LogP contribution in [0.3, 0.4) is 0 Å². The van der Waals surface area contributed by atoms with Gasteiger partial charge in [0, 0.05) is 26.1 Å². The quantitative estimate of drug-likeness (QED) is 0.409. The minimum atomic E-state index is 0.866. The molecule has 21 heavy (non-hydrogen) atoms. The Labute approximate surface area is 139 Å². The first-order valence-corrected chi connectivity index (χ1v) is 7.74. The Morgan fingerprint density at radius 1 is 1.19 bits per heavy atom. The Morgan fingerprint density at radius 3 is 2.62 bits per heavy atom. The van der Waals surface area contributed by atoms with Gasteiger partial charge in [0.2, 0.25) is 0 Å². The number of halogens is 1. The third kappa shape index (κ3) is 4.24. The molecule has 0 unspecified atom stereocenters. The summed E-state index contributed by atoms with van der Waals surface area (Å²) in [6, 6.07) is 16.3. The third-order valence-electron chi connectivity index (χ3n) is 2.94. The van der Waals surface area contributed by atoms with E-state index in [1.165, 1.54) is 0 Å². The lowest BCUT2D eigenvalue weighted by molar-refractivity contribution is 1.50. The molecule has 104 valence electrons. The molecule has 2 heteroatoms. The standard InChI is InChI=1S/C19H16IN/c1-3-5-9-15(4-2)18-14-16(20)12-13-19(18)21-17-10-7-6-8-11-17/h2-3,5-14,21H,1H3/b5-3-,15-9+. The van der Waals surface area contributed by atoms with Crippen LogP contribution in [0.5, 0.6) is 0 Å². The molecule has 0 amide bonds. The molecule has 0 fully saturated rings. The summed E-state index contributed by atoms with van der Waals surface area (Å²) < 4.78 is 1.16. The molecule has 0 saturated heterocycles. The van der Waals surface area contributed by atoms with Crippen LogP contribution in [0.15, 0.2) is 66.8 Å². The first kappa shape index (κ1) is 15.4. The van der Waals surface area contributed by atoms with Crippen LogP contribution in [0.2, 0.25) is 0 Å². The molecule has 0 aliphatic heterocycles. The third-order valence-corrected chi connectivity index (χ3v) is 3.61. The highest BCUT2D eigenvalue weighted by Crippen LogP contribution is 2.28. The molecule has 0 heterocycles. The highest BCUT2D eigenvalue weighted by atomic mass is 127. The fraction of sp³-hybridized carbons (Fsp3) is 0.0526. The van der Waals surface area contributed by atoms with E-state index in [0.29, 0.717) is 0 Å². The van der Waals surface area contributed by atoms with Gasteiger partial charge in [0.1, 0.15) is 0 Å². The number of terminal acetylenes is 1. The summed E-state index contributed by atoms with van der Waals surface area (Å²) in [5, 5.41) is 3.43. The number of benzene rings is 2. The molecule has 2 rings (SSSR count). The van der Waals surface area contributed by atoms with Crippen molar-refractivity contribution in [2.45, 2.75) is 6.92 Å². The van der Waals surface area contributed by atoms with Crippen molar-refractivity contribution < 1.29 is 0 Å². The molecule has 0 saturated carbocycles. The number of hydrogen-bond donors (Lipinski definition) is 1. The lowest BCUT2D eigenvalue weighted by Crippen LogP contribution is -1.96. The lowest BCUT2D eigenvalue weighted by atomic mass is 10.0. The van der Waals surface area contributed by atoms with Crippen LogP contribution in [-0.2, 0) is 0 Å². The molecule has 2 aromatic rings. The summed E-state index contributed by atoms with van der Waals surface area (Å²) in [6.45, 7) is 1.97. The lowest BCUT2D eigenvalue weighted by Gasteiger charge is -2.12. The first-order valence-electron chi connectivity index (χ1n) is 6.66. The highest BCUT2D eigenvalue weighted by molar-refractivity contribution is 14.1. The molecule has 1 N–H and O–H groups in total. The van der Waals surface area contributed by atoms with Crippen molar-refractivity contribution in [3.05, 3.63) is 75.9 Å². The summed E-state index contributed by atoms with van der Waals surface area (Å²) in [5.74, 6) is 2.77. The second kappa shape index (κ2) is 7.70. The molecule has 0 aromatic heterocycles. The van der Waals surface area contributed by atoms with Crippen molar-refractivity contribution >= 4 is 39.5 Å². The summed E-state index contributed by atoms with van der Waals surface area (Å²) >= 11 is 2.30. The summed E-state index contributed by atoms with van der Waals surface area (Å²) in [4.78, 5) is 0. The second-order valence-corrected chi connectivity index (χ2v) is 5.68. The zero-order valence-corrected chi connectivity index (χ0v) is 14.0. The molecule has 0 atom stereocenters. The molecule has 0 aliphatic rings. The molecule has 2 aromatic carbocycles. The SMILES string of the molecule is C#C/C(=C\C=C/C)c1cc(I)ccc1Nc1ccccc1. The van der Waals surface area contributed by atoms with Gasteiger partial charge in [0.05, 0.1) is 0 Å². The predicted molar refractivity (Wildman–Crippen MR) is 101 cm³/mol. The number of rotatable bonds is 4. The number of hydrogen-bond acceptors (Lipinski definition) is 1. The van der Waals surface area contributed by atoms with Crippen LogP contribution in [0.1, 0.15) is 12.5 Å². The van der Waals surface area contributed by atoms with Gasteiger partial charge in [-0.15, -0.1) is 6.42 Å². The van der Waals surface area contributed by atoms with E-state index in [9.17, 15) is 0 Å². The molecule has 0 spiro atoms. The van der Waals surface area contributed by atoms with Crippen LogP contribution in [0, 0.1) is 15.9 Å². The van der Waals surface area contributed by atoms with Gasteiger partial charge >= 0.3 is 0 Å². The summed E-state index contributed by atoms with van der Waals surface area (Å²) in [6.07, 6.45) is 11.6. The van der Waals surface area contributed by atoms with E-state index < -0.39 is 0 Å². The first-order chi connectivity index (χ1) is 10.2. The van der Waals surface area contributed by atoms with Gasteiger partial charge in [-0.2, -0.15) is 0 Å². The largest absolute Gasteiger partial charge is 0.355 e. The molecule has 0 bridgehead atoms. The van der Waals surface area contributed by atoms with Gasteiger partial charge in [0.25, 0.3) is 0 Å². The maximum Gasteiger partial charge on any atom is 0.0471 e. The van der Waals surface area contributed by atoms with E-state index in [4.69, 9.17) is 6.42 Å². The van der Waals surface area contributed by atoms with Crippen molar-refractivity contribution in [3.8, 4) is 12.3 Å². The average Bonchev–Trinajstić information content (AvgIpc) is 2.51. The van der Waals surface area contributed by atoms with Gasteiger partial charge in [-0.3, -0.25) is 0 Å². The molecular formula is C19H16IN. The maximum absolute atomic E-state index is 5.68. The van der Waals surface area contributed by atoms with Crippen LogP contribution < -0.4 is 5.32 Å². The van der Waals surface area contributed by atoms with Crippen molar-refractivity contribution in [2.24, 2.45) is 0 Å². The Morgan fingerprint density at radius 2 is 1.95 bits per heavy atom. The van der Waals surface area contributed by atoms with E-state index in [2.05, 4.69) is 52.0 Å². The number of para-hydroxylation sites is 1. The minimum Gasteiger partial charge on any atom is -0.355 e. The van der Waals surface area contributed by atoms with Crippen LogP contribution in [-0.4, -0.2) is 0 Å². The summed E-state index contributed by atoms with van der Waals surface area (Å²) in [5.41, 5.74) is 3.95. The van der Waals surface area contributed by atoms with Crippen LogP contribution in [0.25, 0.3) is 5.57 Å². The zero-order valence-electron chi connectivity index (χ0n) is 11.8. The van der Waals surface area contributed by atoms with Crippen LogP contribution >= 0.6 is 22.6 Å². The van der Waals surface area contributed by atoms with E-state index in [-0.39, 0.29) is 0 Å². The van der Waals surface area contributed by atoms with Gasteiger partial charge in [-0.25, -0.2) is 0 Å². The van der Waals surface area contributed by atoms with Gasteiger partial charge in [-0.05, 0) is 65.9 Å². The Kier molecular flexibility index (Phi) is 5.65. The second-order valence-electron chi connectivity index (χ2n) is 4.43. The van der Waals surface area contributed by atoms with Crippen molar-refractivity contribution in [1.82, 2.24) is 0 Å². The number of nitrogens with one attached hydrogen (secondary N) is 1. The fourth-order valence-electron chi connectivity index (χ4n) is 1.93. The molecule has 0 radical (unpaired) electrons. The fourth-order valence-corrected chi connectivity index (χ4v) is 2.42. The van der Waals surface area contributed by atoms with Gasteiger partial charge < -0.3 is 5.32 Å². The monoisotopic (exact) mass is 385 g/mol. The Hall–Kier alpha value is -1.99. The van der Waals surface area contributed by atoms with Crippen molar-refractivity contribution in [2.75, 3.05) is 5.32 Å². The minimum absolute atomic E-state index is 0.866. The smallest absolute Gasteiger partial charge is 0.0471 e. The molecule has 1 nitrogen and oxygen atoms in total. The maximum atomic E-state index is 5.68. The average molecular weight is 385 g/mol. The number of allylic oxidation sites excluding steroid dienone is 4. The van der Waals surface area contributed by atoms with E-state index in [1.54, 1.807) is 0 Å². The Bertz CT molecular complexity index is 706. The highest BCUT2D eigenvalue weighted by Gasteiger charge is 2.07. The molecular weight excluding hydrogens is 369 g/mol. The molecule has 0 aliphatic carbocycles. The van der Waals surface area contributed by atoms with Crippen LogP contribution in [0.4, 0.5) is 11.4 Å². The summed E-state index contributed by atoms with van der Waals surface area (Å²) in [7, 11) is 0. The van der Waals surface area contributed by atoms with Crippen molar-refractivity contribution in [3.63, 3.8) is 0 Å². The predicted octanol–water partition coefficient (Wildman–Crippen LogP) is 5.63. The van der Waals surface area contributed by atoms with Gasteiger partial charge in [-0.1, -0.05) is 36.3 Å². The normalized spacial score (nSPS) is 11.4.